The fraction of sp³-hybridized carbons (Fsp3) is 0.263. The minimum absolute atomic E-state index is 0.154. The molecule has 0 saturated carbocycles. The van der Waals surface area contributed by atoms with Crippen molar-refractivity contribution in [1.29, 1.82) is 0 Å². The van der Waals surface area contributed by atoms with Crippen LogP contribution >= 0.6 is 11.3 Å². The van der Waals surface area contributed by atoms with E-state index < -0.39 is 0 Å². The molecule has 4 rings (SSSR count). The van der Waals surface area contributed by atoms with Crippen molar-refractivity contribution in [2.24, 2.45) is 0 Å². The number of benzene rings is 2. The lowest BCUT2D eigenvalue weighted by atomic mass is 10.1. The first-order valence-corrected chi connectivity index (χ1v) is 9.19. The number of nitrogens with one attached hydrogen (secondary N) is 1. The number of ether oxygens (including phenoxy) is 4. The maximum absolute atomic E-state index is 12.4. The van der Waals surface area contributed by atoms with E-state index in [0.29, 0.717) is 41.3 Å². The van der Waals surface area contributed by atoms with Crippen molar-refractivity contribution in [3.63, 3.8) is 0 Å². The summed E-state index contributed by atoms with van der Waals surface area (Å²) in [5.41, 5.74) is 1.59. The number of hydrogen-bond donors (Lipinski definition) is 1. The highest BCUT2D eigenvalue weighted by atomic mass is 32.1. The molecule has 0 aliphatic carbocycles. The van der Waals surface area contributed by atoms with E-state index in [1.807, 2.05) is 18.2 Å². The minimum Gasteiger partial charge on any atom is -0.493 e. The van der Waals surface area contributed by atoms with Crippen molar-refractivity contribution >= 4 is 32.6 Å². The van der Waals surface area contributed by atoms with E-state index in [-0.39, 0.29) is 12.3 Å². The van der Waals surface area contributed by atoms with Crippen LogP contribution in [0.15, 0.2) is 30.3 Å². The number of amides is 1. The maximum atomic E-state index is 12.4. The number of fused-ring (bicyclic) bond motifs is 2. The van der Waals surface area contributed by atoms with Crippen molar-refractivity contribution in [2.45, 2.75) is 6.42 Å². The number of rotatable bonds is 5. The zero-order valence-corrected chi connectivity index (χ0v) is 15.7. The van der Waals surface area contributed by atoms with Crippen LogP contribution in [-0.4, -0.2) is 38.3 Å². The average Bonchev–Trinajstić information content (AvgIpc) is 3.06. The average molecular weight is 386 g/mol. The second-order valence-corrected chi connectivity index (χ2v) is 6.93. The van der Waals surface area contributed by atoms with Crippen molar-refractivity contribution in [3.8, 4) is 23.0 Å². The van der Waals surface area contributed by atoms with Gasteiger partial charge in [-0.15, -0.1) is 0 Å². The Labute approximate surface area is 159 Å². The predicted molar refractivity (Wildman–Crippen MR) is 102 cm³/mol. The summed E-state index contributed by atoms with van der Waals surface area (Å²) >= 11 is 1.40. The third-order valence-corrected chi connectivity index (χ3v) is 5.04. The Bertz CT molecular complexity index is 958. The topological polar surface area (TPSA) is 78.9 Å². The molecule has 0 spiro atoms. The van der Waals surface area contributed by atoms with Crippen LogP contribution in [0.25, 0.3) is 10.2 Å². The smallest absolute Gasteiger partial charge is 0.230 e. The van der Waals surface area contributed by atoms with Gasteiger partial charge in [-0.2, -0.15) is 0 Å². The van der Waals surface area contributed by atoms with Gasteiger partial charge in [0.15, 0.2) is 28.1 Å². The molecule has 0 fully saturated rings. The van der Waals surface area contributed by atoms with E-state index in [9.17, 15) is 4.79 Å². The Hall–Kier alpha value is -3.00. The first-order chi connectivity index (χ1) is 13.2. The van der Waals surface area contributed by atoms with Crippen LogP contribution in [0.3, 0.4) is 0 Å². The molecule has 8 heteroatoms. The summed E-state index contributed by atoms with van der Waals surface area (Å²) < 4.78 is 22.6. The predicted octanol–water partition coefficient (Wildman–Crippen LogP) is 3.27. The molecular weight excluding hydrogens is 368 g/mol. The highest BCUT2D eigenvalue weighted by Crippen LogP contribution is 2.37. The van der Waals surface area contributed by atoms with E-state index in [2.05, 4.69) is 10.3 Å². The van der Waals surface area contributed by atoms with E-state index in [0.717, 1.165) is 15.8 Å². The van der Waals surface area contributed by atoms with Gasteiger partial charge in [0, 0.05) is 12.1 Å². The SMILES string of the molecule is COc1ccc(CC(=O)Nc2nc3cc4c(cc3s2)OCCO4)cc1OC. The summed E-state index contributed by atoms with van der Waals surface area (Å²) in [5.74, 6) is 2.45. The first kappa shape index (κ1) is 17.4. The Morgan fingerprint density at radius 1 is 1.11 bits per heavy atom. The summed E-state index contributed by atoms with van der Waals surface area (Å²) in [6.45, 7) is 1.06. The van der Waals surface area contributed by atoms with Gasteiger partial charge in [0.25, 0.3) is 0 Å². The molecule has 2 aromatic carbocycles. The van der Waals surface area contributed by atoms with Crippen LogP contribution < -0.4 is 24.3 Å². The summed E-state index contributed by atoms with van der Waals surface area (Å²) in [5, 5.41) is 3.39. The number of aromatic nitrogens is 1. The Balaban J connectivity index is 1.49. The van der Waals surface area contributed by atoms with Gasteiger partial charge in [0.1, 0.15) is 13.2 Å². The minimum atomic E-state index is -0.154. The number of thiazole rings is 1. The number of nitrogens with zero attached hydrogens (tertiary/aromatic N) is 1. The van der Waals surface area contributed by atoms with E-state index in [1.54, 1.807) is 26.4 Å². The van der Waals surface area contributed by atoms with Crippen molar-refractivity contribution in [1.82, 2.24) is 4.98 Å². The molecule has 0 bridgehead atoms. The van der Waals surface area contributed by atoms with Gasteiger partial charge in [-0.1, -0.05) is 17.4 Å². The normalized spacial score (nSPS) is 12.7. The first-order valence-electron chi connectivity index (χ1n) is 8.37. The van der Waals surface area contributed by atoms with Crippen LogP contribution in [0.2, 0.25) is 0 Å². The molecule has 1 amide bonds. The number of anilines is 1. The number of methoxy groups -OCH3 is 2. The molecule has 1 aliphatic rings. The summed E-state index contributed by atoms with van der Waals surface area (Å²) in [4.78, 5) is 16.9. The Morgan fingerprint density at radius 2 is 1.85 bits per heavy atom. The summed E-state index contributed by atoms with van der Waals surface area (Å²) in [6.07, 6.45) is 0.207. The largest absolute Gasteiger partial charge is 0.493 e. The molecule has 0 atom stereocenters. The summed E-state index contributed by atoms with van der Waals surface area (Å²) in [6, 6.07) is 9.14. The molecule has 1 aromatic heterocycles. The van der Waals surface area contributed by atoms with E-state index >= 15 is 0 Å². The lowest BCUT2D eigenvalue weighted by Crippen LogP contribution is -2.15. The monoisotopic (exact) mass is 386 g/mol. The molecule has 1 aliphatic heterocycles. The Morgan fingerprint density at radius 3 is 2.59 bits per heavy atom. The summed E-state index contributed by atoms with van der Waals surface area (Å²) in [7, 11) is 3.14. The second kappa shape index (κ2) is 7.32. The maximum Gasteiger partial charge on any atom is 0.230 e. The molecule has 7 nitrogen and oxygen atoms in total. The van der Waals surface area contributed by atoms with Gasteiger partial charge < -0.3 is 24.3 Å². The zero-order valence-electron chi connectivity index (χ0n) is 14.9. The molecule has 0 unspecified atom stereocenters. The van der Waals surface area contributed by atoms with Crippen LogP contribution in [-0.2, 0) is 11.2 Å². The standard InChI is InChI=1S/C19H18N2O5S/c1-23-13-4-3-11(7-14(13)24-2)8-18(22)21-19-20-12-9-15-16(10-17(12)27-19)26-6-5-25-15/h3-4,7,9-10H,5-6,8H2,1-2H3,(H,20,21,22). The quantitative estimate of drug-likeness (QED) is 0.725. The van der Waals surface area contributed by atoms with Crippen LogP contribution in [0, 0.1) is 0 Å². The van der Waals surface area contributed by atoms with Gasteiger partial charge in [0.2, 0.25) is 5.91 Å². The van der Waals surface area contributed by atoms with Crippen molar-refractivity contribution in [2.75, 3.05) is 32.8 Å². The van der Waals surface area contributed by atoms with Crippen LogP contribution in [0.4, 0.5) is 5.13 Å². The van der Waals surface area contributed by atoms with Crippen LogP contribution in [0.5, 0.6) is 23.0 Å². The second-order valence-electron chi connectivity index (χ2n) is 5.90. The van der Waals surface area contributed by atoms with E-state index in [4.69, 9.17) is 18.9 Å². The third kappa shape index (κ3) is 3.61. The number of carbonyl (C=O) groups is 1. The van der Waals surface area contributed by atoms with Crippen molar-refractivity contribution < 1.29 is 23.7 Å². The van der Waals surface area contributed by atoms with Crippen molar-refractivity contribution in [3.05, 3.63) is 35.9 Å². The number of hydrogen-bond acceptors (Lipinski definition) is 7. The molecule has 2 heterocycles. The lowest BCUT2D eigenvalue weighted by molar-refractivity contribution is -0.115. The number of carbonyl (C=O) groups excluding carboxylic acids is 1. The zero-order chi connectivity index (χ0) is 18.8. The Kier molecular flexibility index (Phi) is 4.72. The molecule has 0 radical (unpaired) electrons. The van der Waals surface area contributed by atoms with Gasteiger partial charge >= 0.3 is 0 Å². The molecule has 0 saturated heterocycles. The fourth-order valence-electron chi connectivity index (χ4n) is 2.86. The van der Waals surface area contributed by atoms with Gasteiger partial charge in [-0.05, 0) is 17.7 Å². The van der Waals surface area contributed by atoms with Gasteiger partial charge in [-0.3, -0.25) is 4.79 Å². The van der Waals surface area contributed by atoms with Crippen LogP contribution in [0.1, 0.15) is 5.56 Å². The highest BCUT2D eigenvalue weighted by Gasteiger charge is 2.16. The molecule has 27 heavy (non-hydrogen) atoms. The molecular formula is C19H18N2O5S. The molecule has 1 N–H and O–H groups in total. The third-order valence-electron chi connectivity index (χ3n) is 4.11. The molecule has 3 aromatic rings. The fourth-order valence-corrected chi connectivity index (χ4v) is 3.75. The molecule has 140 valence electrons. The van der Waals surface area contributed by atoms with E-state index in [1.165, 1.54) is 11.3 Å². The van der Waals surface area contributed by atoms with Gasteiger partial charge in [-0.25, -0.2) is 4.98 Å². The highest BCUT2D eigenvalue weighted by molar-refractivity contribution is 7.22. The van der Waals surface area contributed by atoms with Gasteiger partial charge in [0.05, 0.1) is 30.9 Å². The lowest BCUT2D eigenvalue weighted by Gasteiger charge is -2.17.